The van der Waals surface area contributed by atoms with Gasteiger partial charge in [0.15, 0.2) is 6.29 Å². The Labute approximate surface area is 281 Å². The number of methoxy groups -OCH3 is 1. The molecule has 8 nitrogen and oxygen atoms in total. The van der Waals surface area contributed by atoms with Gasteiger partial charge >= 0.3 is 5.97 Å². The average molecular weight is 654 g/mol. The predicted molar refractivity (Wildman–Crippen MR) is 180 cm³/mol. The molecule has 6 aliphatic rings. The van der Waals surface area contributed by atoms with E-state index in [0.29, 0.717) is 23.8 Å². The van der Waals surface area contributed by atoms with Gasteiger partial charge in [-0.15, -0.1) is 0 Å². The van der Waals surface area contributed by atoms with Crippen molar-refractivity contribution < 1.29 is 34.3 Å². The van der Waals surface area contributed by atoms with E-state index in [-0.39, 0.29) is 51.0 Å². The number of benzene rings is 1. The predicted octanol–water partition coefficient (Wildman–Crippen LogP) is 6.17. The molecule has 8 heteroatoms. The number of para-hydroxylation sites is 1. The molecule has 5 saturated carbocycles. The number of anilines is 1. The molecule has 1 aromatic carbocycles. The van der Waals surface area contributed by atoms with Gasteiger partial charge < -0.3 is 34.8 Å². The molecule has 6 fully saturated rings. The van der Waals surface area contributed by atoms with E-state index in [2.05, 4.69) is 33.0 Å². The van der Waals surface area contributed by atoms with E-state index in [0.717, 1.165) is 57.1 Å². The van der Waals surface area contributed by atoms with Crippen LogP contribution in [0.15, 0.2) is 24.3 Å². The SMILES string of the molecule is CNc1ccccc1C(=O)O[C@@H]1CC[C@]2(C)[C@H]3CC[C@]45C[C@]4(CC[C@H]5[C@H]4C[C@H](C(O)C(C)(C)O)O[C@H]4OC)[C@]3(C)[C@H](O)C[C@H]2C1(C)C. The monoisotopic (exact) mass is 653 g/mol. The maximum Gasteiger partial charge on any atom is 0.340 e. The minimum absolute atomic E-state index is 0.0400. The molecule has 0 spiro atoms. The van der Waals surface area contributed by atoms with E-state index < -0.39 is 30.2 Å². The van der Waals surface area contributed by atoms with Crippen LogP contribution in [0.1, 0.15) is 110 Å². The third-order valence-electron chi connectivity index (χ3n) is 15.7. The smallest absolute Gasteiger partial charge is 0.340 e. The second-order valence-electron chi connectivity index (χ2n) is 18.1. The number of rotatable bonds is 7. The topological polar surface area (TPSA) is 117 Å². The van der Waals surface area contributed by atoms with Gasteiger partial charge in [-0.3, -0.25) is 0 Å². The maximum atomic E-state index is 13.5. The van der Waals surface area contributed by atoms with Crippen LogP contribution in [0.5, 0.6) is 0 Å². The third-order valence-corrected chi connectivity index (χ3v) is 15.7. The Hall–Kier alpha value is -1.71. The molecule has 0 radical (unpaired) electrons. The number of hydrogen-bond donors (Lipinski definition) is 4. The first-order valence-corrected chi connectivity index (χ1v) is 18.3. The first-order chi connectivity index (χ1) is 22.0. The summed E-state index contributed by atoms with van der Waals surface area (Å²) in [6.07, 6.45) is 6.36. The van der Waals surface area contributed by atoms with E-state index in [9.17, 15) is 20.1 Å². The van der Waals surface area contributed by atoms with Crippen LogP contribution in [-0.2, 0) is 14.2 Å². The highest BCUT2D eigenvalue weighted by Gasteiger charge is 2.86. The van der Waals surface area contributed by atoms with Crippen molar-refractivity contribution >= 4 is 11.7 Å². The van der Waals surface area contributed by atoms with E-state index >= 15 is 0 Å². The minimum atomic E-state index is -1.25. The van der Waals surface area contributed by atoms with Crippen molar-refractivity contribution in [3.63, 3.8) is 0 Å². The van der Waals surface area contributed by atoms with Gasteiger partial charge in [0.05, 0.1) is 23.4 Å². The molecule has 4 N–H and O–H groups in total. The first-order valence-electron chi connectivity index (χ1n) is 18.3. The lowest BCUT2D eigenvalue weighted by Gasteiger charge is -2.68. The molecular formula is C39H59NO7. The Morgan fingerprint density at radius 2 is 1.77 bits per heavy atom. The van der Waals surface area contributed by atoms with Gasteiger partial charge in [-0.1, -0.05) is 39.8 Å². The molecule has 47 heavy (non-hydrogen) atoms. The summed E-state index contributed by atoms with van der Waals surface area (Å²) in [5.74, 6) is 0.916. The second-order valence-corrected chi connectivity index (χ2v) is 18.1. The summed E-state index contributed by atoms with van der Waals surface area (Å²) >= 11 is 0. The summed E-state index contributed by atoms with van der Waals surface area (Å²) in [4.78, 5) is 13.5. The molecule has 1 aromatic rings. The second kappa shape index (κ2) is 10.9. The molecular weight excluding hydrogens is 594 g/mol. The molecule has 1 aliphatic heterocycles. The number of nitrogens with one attached hydrogen (secondary N) is 1. The van der Waals surface area contributed by atoms with Crippen molar-refractivity contribution in [2.24, 2.45) is 50.7 Å². The summed E-state index contributed by atoms with van der Waals surface area (Å²) in [6, 6.07) is 7.52. The van der Waals surface area contributed by atoms with Gasteiger partial charge in [-0.25, -0.2) is 4.79 Å². The third kappa shape index (κ3) is 4.46. The molecule has 13 atom stereocenters. The van der Waals surface area contributed by atoms with E-state index in [1.165, 1.54) is 0 Å². The van der Waals surface area contributed by atoms with Crippen LogP contribution in [0.2, 0.25) is 0 Å². The number of aliphatic hydroxyl groups is 3. The van der Waals surface area contributed by atoms with Crippen molar-refractivity contribution in [3.05, 3.63) is 29.8 Å². The van der Waals surface area contributed by atoms with Crippen LogP contribution in [0.3, 0.4) is 0 Å². The fourth-order valence-corrected chi connectivity index (χ4v) is 13.5. The van der Waals surface area contributed by atoms with Crippen molar-refractivity contribution in [2.75, 3.05) is 19.5 Å². The normalized spacial score (nSPS) is 47.2. The van der Waals surface area contributed by atoms with Crippen LogP contribution in [-0.4, -0.2) is 71.8 Å². The highest BCUT2D eigenvalue weighted by Crippen LogP contribution is 2.91. The number of fused-ring (bicyclic) bond motifs is 3. The molecule has 0 bridgehead atoms. The first kappa shape index (κ1) is 33.8. The lowest BCUT2D eigenvalue weighted by molar-refractivity contribution is -0.243. The molecule has 0 aromatic heterocycles. The highest BCUT2D eigenvalue weighted by molar-refractivity contribution is 5.95. The molecule has 1 saturated heterocycles. The number of carbonyl (C=O) groups is 1. The molecule has 1 unspecified atom stereocenters. The van der Waals surface area contributed by atoms with Crippen molar-refractivity contribution in [1.29, 1.82) is 0 Å². The summed E-state index contributed by atoms with van der Waals surface area (Å²) in [6.45, 7) is 12.7. The van der Waals surface area contributed by atoms with E-state index in [4.69, 9.17) is 14.2 Å². The van der Waals surface area contributed by atoms with Crippen LogP contribution in [0, 0.1) is 50.7 Å². The number of hydrogen-bond acceptors (Lipinski definition) is 8. The molecule has 1 heterocycles. The van der Waals surface area contributed by atoms with Gasteiger partial charge in [0.25, 0.3) is 0 Å². The fraction of sp³-hybridized carbons (Fsp3) is 0.821. The van der Waals surface area contributed by atoms with E-state index in [1.54, 1.807) is 21.0 Å². The zero-order valence-electron chi connectivity index (χ0n) is 29.8. The lowest BCUT2D eigenvalue weighted by atomic mass is 9.37. The summed E-state index contributed by atoms with van der Waals surface area (Å²) in [5, 5.41) is 37.0. The zero-order valence-corrected chi connectivity index (χ0v) is 29.8. The van der Waals surface area contributed by atoms with Gasteiger partial charge in [0.2, 0.25) is 0 Å². The minimum Gasteiger partial charge on any atom is -0.458 e. The van der Waals surface area contributed by atoms with Crippen LogP contribution in [0.25, 0.3) is 0 Å². The van der Waals surface area contributed by atoms with Gasteiger partial charge in [0.1, 0.15) is 12.2 Å². The summed E-state index contributed by atoms with van der Waals surface area (Å²) in [5.41, 5.74) is -0.0943. The summed E-state index contributed by atoms with van der Waals surface area (Å²) in [7, 11) is 3.52. The van der Waals surface area contributed by atoms with E-state index in [1.807, 2.05) is 31.3 Å². The zero-order chi connectivity index (χ0) is 33.9. The molecule has 262 valence electrons. The van der Waals surface area contributed by atoms with Crippen LogP contribution in [0.4, 0.5) is 5.69 Å². The number of ether oxygens (including phenoxy) is 3. The molecule has 5 aliphatic carbocycles. The van der Waals surface area contributed by atoms with Crippen molar-refractivity contribution in [2.45, 2.75) is 136 Å². The number of esters is 1. The molecule has 0 amide bonds. The van der Waals surface area contributed by atoms with Gasteiger partial charge in [0, 0.05) is 36.6 Å². The number of carbonyl (C=O) groups excluding carboxylic acids is 1. The maximum absolute atomic E-state index is 13.5. The van der Waals surface area contributed by atoms with Gasteiger partial charge in [-0.05, 0) is 118 Å². The number of aliphatic hydroxyl groups excluding tert-OH is 2. The Bertz CT molecular complexity index is 1390. The Morgan fingerprint density at radius 1 is 1.04 bits per heavy atom. The van der Waals surface area contributed by atoms with Crippen molar-refractivity contribution in [1.82, 2.24) is 0 Å². The van der Waals surface area contributed by atoms with Crippen LogP contribution >= 0.6 is 0 Å². The Morgan fingerprint density at radius 3 is 2.45 bits per heavy atom. The van der Waals surface area contributed by atoms with Crippen LogP contribution < -0.4 is 5.32 Å². The fourth-order valence-electron chi connectivity index (χ4n) is 13.5. The standard InChI is InChI=1S/C39H59NO7/c1-34(2)28-20-29(41)37(6)27(36(28,5)16-15-30(34)47-32(43)22-11-9-10-12-25(22)40-7)14-17-38-21-39(37,38)18-13-24(38)23-19-26(46-33(23)45-8)31(42)35(3,4)44/h9-12,23-24,26-31,33,40-42,44H,13-21H2,1-8H3/t23-,24+,26-,27-,28+,29-,30-,31?,33-,36-,37+,38-,39-/m1/s1. The summed E-state index contributed by atoms with van der Waals surface area (Å²) < 4.78 is 18.5. The largest absolute Gasteiger partial charge is 0.458 e. The van der Waals surface area contributed by atoms with Crippen molar-refractivity contribution in [3.8, 4) is 0 Å². The molecule has 7 rings (SSSR count). The highest BCUT2D eigenvalue weighted by atomic mass is 16.7. The quantitative estimate of drug-likeness (QED) is 0.258. The Balaban J connectivity index is 1.13. The van der Waals surface area contributed by atoms with Gasteiger partial charge in [-0.2, -0.15) is 0 Å². The lowest BCUT2D eigenvalue weighted by Crippen LogP contribution is -2.66. The Kier molecular flexibility index (Phi) is 7.83. The average Bonchev–Trinajstić information content (AvgIpc) is 3.35.